The lowest BCUT2D eigenvalue weighted by atomic mass is 10.0. The standard InChI is InChI=1S/C11H16N2O3/c1-4-6-7(3)13-10(15)8(5-2)9(14)12-11(13)16/h5,7-8H,2,4,6H2,1,3H3,(H,12,14,16). The monoisotopic (exact) mass is 224 g/mol. The second-order valence-corrected chi connectivity index (χ2v) is 3.85. The normalized spacial score (nSPS) is 23.0. The number of barbiturate groups is 1. The quantitative estimate of drug-likeness (QED) is 0.573. The molecule has 5 nitrogen and oxygen atoms in total. The molecule has 5 heteroatoms. The molecule has 2 atom stereocenters. The third kappa shape index (κ3) is 2.13. The van der Waals surface area contributed by atoms with Crippen molar-refractivity contribution in [2.45, 2.75) is 32.7 Å². The second kappa shape index (κ2) is 4.92. The first-order chi connectivity index (χ1) is 7.52. The molecule has 1 aliphatic rings. The zero-order chi connectivity index (χ0) is 12.3. The van der Waals surface area contributed by atoms with E-state index in [1.165, 1.54) is 6.08 Å². The van der Waals surface area contributed by atoms with E-state index >= 15 is 0 Å². The van der Waals surface area contributed by atoms with E-state index in [2.05, 4.69) is 11.9 Å². The largest absolute Gasteiger partial charge is 0.331 e. The van der Waals surface area contributed by atoms with Gasteiger partial charge in [0.15, 0.2) is 0 Å². The van der Waals surface area contributed by atoms with Crippen LogP contribution in [0.15, 0.2) is 12.7 Å². The molecule has 0 aromatic rings. The Hall–Kier alpha value is -1.65. The highest BCUT2D eigenvalue weighted by atomic mass is 16.2. The summed E-state index contributed by atoms with van der Waals surface area (Å²) < 4.78 is 0. The lowest BCUT2D eigenvalue weighted by Gasteiger charge is -2.33. The van der Waals surface area contributed by atoms with Gasteiger partial charge < -0.3 is 0 Å². The topological polar surface area (TPSA) is 66.5 Å². The van der Waals surface area contributed by atoms with Gasteiger partial charge in [0.05, 0.1) is 0 Å². The number of nitrogens with zero attached hydrogens (tertiary/aromatic N) is 1. The van der Waals surface area contributed by atoms with Gasteiger partial charge >= 0.3 is 6.03 Å². The third-order valence-corrected chi connectivity index (χ3v) is 2.62. The van der Waals surface area contributed by atoms with Crippen LogP contribution in [0.2, 0.25) is 0 Å². The average Bonchev–Trinajstić information content (AvgIpc) is 2.17. The first kappa shape index (κ1) is 12.4. The van der Waals surface area contributed by atoms with E-state index in [1.54, 1.807) is 6.92 Å². The molecule has 1 saturated heterocycles. The number of nitrogens with one attached hydrogen (secondary N) is 1. The predicted octanol–water partition coefficient (Wildman–Crippen LogP) is 1.06. The fourth-order valence-corrected chi connectivity index (χ4v) is 1.78. The Kier molecular flexibility index (Phi) is 3.82. The van der Waals surface area contributed by atoms with Crippen LogP contribution >= 0.6 is 0 Å². The molecule has 1 aliphatic heterocycles. The van der Waals surface area contributed by atoms with Gasteiger partial charge in [0.1, 0.15) is 5.92 Å². The summed E-state index contributed by atoms with van der Waals surface area (Å²) in [7, 11) is 0. The molecule has 2 unspecified atom stereocenters. The Labute approximate surface area is 94.5 Å². The Morgan fingerprint density at radius 2 is 2.12 bits per heavy atom. The van der Waals surface area contributed by atoms with Gasteiger partial charge in [-0.05, 0) is 13.3 Å². The van der Waals surface area contributed by atoms with Crippen molar-refractivity contribution in [3.05, 3.63) is 12.7 Å². The Morgan fingerprint density at radius 1 is 1.50 bits per heavy atom. The minimum absolute atomic E-state index is 0.201. The number of hydrogen-bond acceptors (Lipinski definition) is 3. The van der Waals surface area contributed by atoms with Crippen molar-refractivity contribution >= 4 is 17.8 Å². The van der Waals surface area contributed by atoms with Crippen LogP contribution in [0, 0.1) is 5.92 Å². The van der Waals surface area contributed by atoms with Crippen molar-refractivity contribution in [3.8, 4) is 0 Å². The third-order valence-electron chi connectivity index (χ3n) is 2.62. The summed E-state index contributed by atoms with van der Waals surface area (Å²) in [6, 6.07) is -0.831. The minimum Gasteiger partial charge on any atom is -0.277 e. The lowest BCUT2D eigenvalue weighted by Crippen LogP contribution is -2.59. The van der Waals surface area contributed by atoms with Crippen LogP contribution in [0.1, 0.15) is 26.7 Å². The summed E-state index contributed by atoms with van der Waals surface area (Å²) >= 11 is 0. The van der Waals surface area contributed by atoms with Gasteiger partial charge in [0.2, 0.25) is 11.8 Å². The van der Waals surface area contributed by atoms with Crippen LogP contribution in [0.3, 0.4) is 0 Å². The fraction of sp³-hybridized carbons (Fsp3) is 0.545. The number of imide groups is 2. The molecule has 0 spiro atoms. The van der Waals surface area contributed by atoms with Gasteiger partial charge in [0.25, 0.3) is 0 Å². The van der Waals surface area contributed by atoms with Gasteiger partial charge in [0, 0.05) is 6.04 Å². The molecule has 0 aromatic heterocycles. The first-order valence-electron chi connectivity index (χ1n) is 5.33. The smallest absolute Gasteiger partial charge is 0.277 e. The summed E-state index contributed by atoms with van der Waals surface area (Å²) in [4.78, 5) is 35.8. The summed E-state index contributed by atoms with van der Waals surface area (Å²) in [6.45, 7) is 7.19. The van der Waals surface area contributed by atoms with Crippen LogP contribution in [0.4, 0.5) is 4.79 Å². The Morgan fingerprint density at radius 3 is 2.62 bits per heavy atom. The van der Waals surface area contributed by atoms with E-state index in [0.717, 1.165) is 17.7 Å². The highest BCUT2D eigenvalue weighted by Gasteiger charge is 2.40. The maximum Gasteiger partial charge on any atom is 0.331 e. The lowest BCUT2D eigenvalue weighted by molar-refractivity contribution is -0.141. The number of urea groups is 1. The van der Waals surface area contributed by atoms with Crippen LogP contribution < -0.4 is 5.32 Å². The number of amides is 4. The van der Waals surface area contributed by atoms with Crippen molar-refractivity contribution in [2.24, 2.45) is 5.92 Å². The van der Waals surface area contributed by atoms with Crippen molar-refractivity contribution in [1.82, 2.24) is 10.2 Å². The van der Waals surface area contributed by atoms with Crippen molar-refractivity contribution in [2.75, 3.05) is 0 Å². The number of rotatable bonds is 4. The van der Waals surface area contributed by atoms with Crippen LogP contribution in [0.5, 0.6) is 0 Å². The summed E-state index contributed by atoms with van der Waals surface area (Å²) in [6.07, 6.45) is 2.85. The first-order valence-corrected chi connectivity index (χ1v) is 5.33. The van der Waals surface area contributed by atoms with E-state index < -0.39 is 23.8 Å². The van der Waals surface area contributed by atoms with Crippen LogP contribution in [0.25, 0.3) is 0 Å². The second-order valence-electron chi connectivity index (χ2n) is 3.85. The van der Waals surface area contributed by atoms with E-state index in [4.69, 9.17) is 0 Å². The van der Waals surface area contributed by atoms with Gasteiger partial charge in [-0.2, -0.15) is 0 Å². The van der Waals surface area contributed by atoms with Crippen LogP contribution in [-0.2, 0) is 9.59 Å². The van der Waals surface area contributed by atoms with Crippen molar-refractivity contribution in [1.29, 1.82) is 0 Å². The number of carbonyl (C=O) groups excluding carboxylic acids is 3. The highest BCUT2D eigenvalue weighted by Crippen LogP contribution is 2.16. The zero-order valence-corrected chi connectivity index (χ0v) is 9.53. The molecule has 1 N–H and O–H groups in total. The number of hydrogen-bond donors (Lipinski definition) is 1. The molecular weight excluding hydrogens is 208 g/mol. The van der Waals surface area contributed by atoms with Gasteiger partial charge in [-0.15, -0.1) is 6.58 Å². The molecule has 88 valence electrons. The average molecular weight is 224 g/mol. The summed E-state index contributed by atoms with van der Waals surface area (Å²) in [5, 5.41) is 2.16. The Balaban J connectivity index is 2.91. The van der Waals surface area contributed by atoms with Crippen molar-refractivity contribution in [3.63, 3.8) is 0 Å². The molecule has 0 saturated carbocycles. The van der Waals surface area contributed by atoms with Crippen LogP contribution in [-0.4, -0.2) is 28.8 Å². The molecule has 0 aromatic carbocycles. The fourth-order valence-electron chi connectivity index (χ4n) is 1.78. The van der Waals surface area contributed by atoms with Gasteiger partial charge in [-0.1, -0.05) is 19.4 Å². The molecule has 1 heterocycles. The van der Waals surface area contributed by atoms with Gasteiger partial charge in [-0.25, -0.2) is 4.79 Å². The molecule has 4 amide bonds. The Bertz CT molecular complexity index is 338. The maximum atomic E-state index is 11.9. The predicted molar refractivity (Wildman–Crippen MR) is 58.4 cm³/mol. The minimum atomic E-state index is -0.947. The molecule has 1 fully saturated rings. The van der Waals surface area contributed by atoms with Crippen molar-refractivity contribution < 1.29 is 14.4 Å². The van der Waals surface area contributed by atoms with E-state index in [-0.39, 0.29) is 6.04 Å². The van der Waals surface area contributed by atoms with E-state index in [0.29, 0.717) is 0 Å². The zero-order valence-electron chi connectivity index (χ0n) is 9.53. The van der Waals surface area contributed by atoms with E-state index in [1.807, 2.05) is 6.92 Å². The molecule has 0 bridgehead atoms. The van der Waals surface area contributed by atoms with E-state index in [9.17, 15) is 14.4 Å². The number of carbonyl (C=O) groups is 3. The van der Waals surface area contributed by atoms with Gasteiger partial charge in [-0.3, -0.25) is 19.8 Å². The molecular formula is C11H16N2O3. The highest BCUT2D eigenvalue weighted by molar-refractivity contribution is 6.17. The SMILES string of the molecule is C=CC1C(=O)NC(=O)N(C(C)CCC)C1=O. The molecule has 16 heavy (non-hydrogen) atoms. The maximum absolute atomic E-state index is 11.9. The summed E-state index contributed by atoms with van der Waals surface area (Å²) in [5.74, 6) is -2.02. The molecule has 0 aliphatic carbocycles. The molecule has 0 radical (unpaired) electrons. The molecule has 1 rings (SSSR count). The summed E-state index contributed by atoms with van der Waals surface area (Å²) in [5.41, 5.74) is 0.